The maximum atomic E-state index is 13.6. The molecule has 2 saturated heterocycles. The molecule has 0 spiro atoms. The van der Waals surface area contributed by atoms with Gasteiger partial charge in [-0.25, -0.2) is 9.37 Å². The zero-order valence-electron chi connectivity index (χ0n) is 15.8. The molecule has 3 N–H and O–H groups in total. The Bertz CT molecular complexity index is 936. The van der Waals surface area contributed by atoms with Crippen LogP contribution in [0.3, 0.4) is 0 Å². The molecule has 10 heteroatoms. The third kappa shape index (κ3) is 4.25. The van der Waals surface area contributed by atoms with Gasteiger partial charge in [0, 0.05) is 18.7 Å². The van der Waals surface area contributed by atoms with E-state index in [1.807, 2.05) is 4.90 Å². The molecule has 0 saturated carbocycles. The lowest BCUT2D eigenvalue weighted by atomic mass is 9.98. The number of halogens is 2. The first kappa shape index (κ1) is 19.8. The Hall–Kier alpha value is -2.52. The van der Waals surface area contributed by atoms with Crippen LogP contribution in [0.2, 0.25) is 5.02 Å². The first-order valence-electron chi connectivity index (χ1n) is 9.68. The van der Waals surface area contributed by atoms with E-state index in [2.05, 4.69) is 26.1 Å². The molecule has 154 valence electrons. The van der Waals surface area contributed by atoms with E-state index in [1.165, 1.54) is 6.20 Å². The molecule has 1 unspecified atom stereocenters. The van der Waals surface area contributed by atoms with Gasteiger partial charge in [-0.2, -0.15) is 0 Å². The van der Waals surface area contributed by atoms with E-state index in [0.29, 0.717) is 29.8 Å². The molecule has 2 aliphatic rings. The number of piperidine rings is 1. The quantitative estimate of drug-likeness (QED) is 0.652. The average Bonchev–Trinajstić information content (AvgIpc) is 3.18. The van der Waals surface area contributed by atoms with Crippen LogP contribution >= 0.6 is 11.6 Å². The molecule has 2 aliphatic heterocycles. The van der Waals surface area contributed by atoms with Crippen LogP contribution in [0.15, 0.2) is 18.3 Å². The molecule has 29 heavy (non-hydrogen) atoms. The summed E-state index contributed by atoms with van der Waals surface area (Å²) in [6.45, 7) is 2.37. The second-order valence-corrected chi connectivity index (χ2v) is 7.73. The van der Waals surface area contributed by atoms with E-state index in [1.54, 1.807) is 12.1 Å². The predicted molar refractivity (Wildman–Crippen MR) is 107 cm³/mol. The Kier molecular flexibility index (Phi) is 5.77. The van der Waals surface area contributed by atoms with Crippen LogP contribution in [0.25, 0.3) is 11.0 Å². The fraction of sp³-hybridized carbons (Fsp3) is 0.474. The van der Waals surface area contributed by atoms with Gasteiger partial charge in [-0.1, -0.05) is 11.6 Å². The largest absolute Gasteiger partial charge is 0.354 e. The number of carbonyl (C=O) groups excluding carboxylic acids is 2. The number of rotatable bonds is 3. The monoisotopic (exact) mass is 420 g/mol. The summed E-state index contributed by atoms with van der Waals surface area (Å²) in [7, 11) is 0. The first-order chi connectivity index (χ1) is 14.0. The molecule has 0 radical (unpaired) electrons. The standard InChI is InChI=1S/C19H22ClFN6O2/c20-13-9-23-14-1-2-15(27-8-5-12(21)10-27)24-17(14)16(13)19(29)26-25-18(28)11-3-6-22-7-4-11/h1-2,9,11-12,22H,3-8,10H2,(H,25,28)(H,26,29). The van der Waals surface area contributed by atoms with E-state index < -0.39 is 12.1 Å². The Morgan fingerprint density at radius 3 is 2.72 bits per heavy atom. The number of pyridine rings is 2. The lowest BCUT2D eigenvalue weighted by Gasteiger charge is -2.22. The van der Waals surface area contributed by atoms with E-state index in [-0.39, 0.29) is 29.0 Å². The van der Waals surface area contributed by atoms with Gasteiger partial charge in [0.25, 0.3) is 5.91 Å². The number of hydrogen-bond acceptors (Lipinski definition) is 6. The third-order valence-corrected chi connectivity index (χ3v) is 5.63. The molecule has 2 fully saturated rings. The number of aromatic nitrogens is 2. The maximum Gasteiger partial charge on any atom is 0.273 e. The highest BCUT2D eigenvalue weighted by atomic mass is 35.5. The van der Waals surface area contributed by atoms with Gasteiger partial charge in [-0.05, 0) is 44.5 Å². The third-order valence-electron chi connectivity index (χ3n) is 5.34. The summed E-state index contributed by atoms with van der Waals surface area (Å²) in [5.74, 6) is -0.377. The van der Waals surface area contributed by atoms with Gasteiger partial charge in [-0.15, -0.1) is 0 Å². The number of hydrogen-bond donors (Lipinski definition) is 3. The summed E-state index contributed by atoms with van der Waals surface area (Å²) in [6.07, 6.45) is 2.37. The minimum atomic E-state index is -0.891. The smallest absolute Gasteiger partial charge is 0.273 e. The molecular formula is C19H22ClFN6O2. The fourth-order valence-electron chi connectivity index (χ4n) is 3.72. The van der Waals surface area contributed by atoms with Gasteiger partial charge in [-0.3, -0.25) is 25.4 Å². The van der Waals surface area contributed by atoms with Gasteiger partial charge >= 0.3 is 0 Å². The van der Waals surface area contributed by atoms with Gasteiger partial charge in [0.15, 0.2) is 0 Å². The van der Waals surface area contributed by atoms with Crippen molar-refractivity contribution in [3.63, 3.8) is 0 Å². The minimum Gasteiger partial charge on any atom is -0.354 e. The molecule has 2 aromatic rings. The Labute approximate surface area is 172 Å². The summed E-state index contributed by atoms with van der Waals surface area (Å²) >= 11 is 6.24. The zero-order chi connectivity index (χ0) is 20.4. The highest BCUT2D eigenvalue weighted by molar-refractivity contribution is 6.35. The van der Waals surface area contributed by atoms with E-state index in [0.717, 1.165) is 25.9 Å². The molecular weight excluding hydrogens is 399 g/mol. The summed E-state index contributed by atoms with van der Waals surface area (Å²) in [4.78, 5) is 35.6. The number of amides is 2. The number of hydrazine groups is 1. The first-order valence-corrected chi connectivity index (χ1v) is 10.1. The number of fused-ring (bicyclic) bond motifs is 1. The van der Waals surface area contributed by atoms with Gasteiger partial charge < -0.3 is 10.2 Å². The highest BCUT2D eigenvalue weighted by Crippen LogP contribution is 2.27. The van der Waals surface area contributed by atoms with Crippen molar-refractivity contribution in [2.75, 3.05) is 31.1 Å². The van der Waals surface area contributed by atoms with Gasteiger partial charge in [0.05, 0.1) is 22.6 Å². The van der Waals surface area contributed by atoms with Crippen LogP contribution in [0, 0.1) is 5.92 Å². The molecule has 0 bridgehead atoms. The average molecular weight is 421 g/mol. The minimum absolute atomic E-state index is 0.125. The summed E-state index contributed by atoms with van der Waals surface area (Å²) in [5.41, 5.74) is 5.85. The Morgan fingerprint density at radius 2 is 2.00 bits per heavy atom. The topological polar surface area (TPSA) is 99.2 Å². The second kappa shape index (κ2) is 8.46. The summed E-state index contributed by atoms with van der Waals surface area (Å²) in [6, 6.07) is 3.48. The van der Waals surface area contributed by atoms with E-state index >= 15 is 0 Å². The van der Waals surface area contributed by atoms with Crippen LogP contribution in [0.1, 0.15) is 29.6 Å². The molecule has 0 aromatic carbocycles. The number of nitrogens with zero attached hydrogens (tertiary/aromatic N) is 3. The zero-order valence-corrected chi connectivity index (χ0v) is 16.5. The molecule has 2 aromatic heterocycles. The van der Waals surface area contributed by atoms with E-state index in [4.69, 9.17) is 11.6 Å². The predicted octanol–water partition coefficient (Wildman–Crippen LogP) is 1.59. The van der Waals surface area contributed by atoms with Crippen LogP contribution in [0.4, 0.5) is 10.2 Å². The van der Waals surface area contributed by atoms with Crippen molar-refractivity contribution >= 4 is 40.3 Å². The lowest BCUT2D eigenvalue weighted by molar-refractivity contribution is -0.126. The molecule has 0 aliphatic carbocycles. The number of anilines is 1. The summed E-state index contributed by atoms with van der Waals surface area (Å²) < 4.78 is 13.6. The number of alkyl halides is 1. The van der Waals surface area contributed by atoms with Crippen LogP contribution in [-0.2, 0) is 4.79 Å². The summed E-state index contributed by atoms with van der Waals surface area (Å²) in [5, 5.41) is 3.32. The van der Waals surface area contributed by atoms with Crippen molar-refractivity contribution in [3.05, 3.63) is 28.9 Å². The van der Waals surface area contributed by atoms with Crippen molar-refractivity contribution < 1.29 is 14.0 Å². The SMILES string of the molecule is O=C(NNC(=O)C1CCNCC1)c1c(Cl)cnc2ccc(N3CCC(F)C3)nc12. The van der Waals surface area contributed by atoms with E-state index in [9.17, 15) is 14.0 Å². The fourth-order valence-corrected chi connectivity index (χ4v) is 3.94. The molecule has 8 nitrogen and oxygen atoms in total. The molecule has 2 amide bonds. The Morgan fingerprint density at radius 1 is 1.21 bits per heavy atom. The van der Waals surface area contributed by atoms with Crippen molar-refractivity contribution in [1.29, 1.82) is 0 Å². The number of nitrogens with one attached hydrogen (secondary N) is 3. The maximum absolute atomic E-state index is 13.6. The van der Waals surface area contributed by atoms with Crippen LogP contribution in [0.5, 0.6) is 0 Å². The lowest BCUT2D eigenvalue weighted by Crippen LogP contribution is -2.46. The second-order valence-electron chi connectivity index (χ2n) is 7.32. The highest BCUT2D eigenvalue weighted by Gasteiger charge is 2.25. The van der Waals surface area contributed by atoms with Gasteiger partial charge in [0.2, 0.25) is 5.91 Å². The van der Waals surface area contributed by atoms with Crippen molar-refractivity contribution in [3.8, 4) is 0 Å². The molecule has 4 rings (SSSR count). The number of carbonyl (C=O) groups is 2. The van der Waals surface area contributed by atoms with Gasteiger partial charge in [0.1, 0.15) is 17.5 Å². The molecule has 1 atom stereocenters. The normalized spacial score (nSPS) is 20.1. The van der Waals surface area contributed by atoms with Crippen LogP contribution in [-0.4, -0.2) is 54.1 Å². The van der Waals surface area contributed by atoms with Crippen LogP contribution < -0.4 is 21.1 Å². The van der Waals surface area contributed by atoms with Crippen molar-refractivity contribution in [2.24, 2.45) is 5.92 Å². The van der Waals surface area contributed by atoms with Crippen molar-refractivity contribution in [1.82, 2.24) is 26.1 Å². The van der Waals surface area contributed by atoms with Crippen molar-refractivity contribution in [2.45, 2.75) is 25.4 Å². The Balaban J connectivity index is 1.55. The molecule has 4 heterocycles.